The van der Waals surface area contributed by atoms with E-state index in [1.165, 1.54) is 15.5 Å². The molecule has 1 amide bonds. The smallest absolute Gasteiger partial charge is 0.337 e. The average Bonchev–Trinajstić information content (AvgIpc) is 2.97. The molecule has 1 heterocycles. The Morgan fingerprint density at radius 1 is 1.11 bits per heavy atom. The number of halogens is 4. The molecule has 0 aliphatic heterocycles. The van der Waals surface area contributed by atoms with Gasteiger partial charge < -0.3 is 9.47 Å². The summed E-state index contributed by atoms with van der Waals surface area (Å²) in [7, 11) is 1.59. The average molecular weight is 439 g/mol. The van der Waals surface area contributed by atoms with Gasteiger partial charge in [0.1, 0.15) is 6.54 Å². The molecule has 4 nitrogen and oxygen atoms in total. The number of ketones is 1. The van der Waals surface area contributed by atoms with E-state index in [4.69, 9.17) is 0 Å². The summed E-state index contributed by atoms with van der Waals surface area (Å²) >= 11 is 3.20. The second-order valence-electron chi connectivity index (χ2n) is 5.95. The Morgan fingerprint density at radius 3 is 2.41 bits per heavy atom. The Balaban J connectivity index is 2.00. The molecule has 0 aliphatic carbocycles. The highest BCUT2D eigenvalue weighted by molar-refractivity contribution is 9.10. The lowest BCUT2D eigenvalue weighted by Gasteiger charge is -2.18. The van der Waals surface area contributed by atoms with Gasteiger partial charge in [0.25, 0.3) is 5.78 Å². The van der Waals surface area contributed by atoms with Crippen LogP contribution in [-0.2, 0) is 11.3 Å². The van der Waals surface area contributed by atoms with Crippen LogP contribution < -0.4 is 4.90 Å². The minimum atomic E-state index is -4.99. The lowest BCUT2D eigenvalue weighted by atomic mass is 10.1. The zero-order chi connectivity index (χ0) is 19.8. The first-order valence-electron chi connectivity index (χ1n) is 7.90. The van der Waals surface area contributed by atoms with Gasteiger partial charge in [-0.05, 0) is 30.3 Å². The largest absolute Gasteiger partial charge is 0.454 e. The Morgan fingerprint density at radius 2 is 1.78 bits per heavy atom. The quantitative estimate of drug-likeness (QED) is 0.548. The fourth-order valence-electron chi connectivity index (χ4n) is 2.78. The van der Waals surface area contributed by atoms with Crippen molar-refractivity contribution >= 4 is 44.2 Å². The molecular formula is C19H14BrF3N2O2. The van der Waals surface area contributed by atoms with Crippen LogP contribution in [0.25, 0.3) is 10.9 Å². The highest BCUT2D eigenvalue weighted by Gasteiger charge is 2.41. The number of carbonyl (C=O) groups is 2. The number of carbonyl (C=O) groups excluding carboxylic acids is 2. The number of likely N-dealkylation sites (N-methyl/N-ethyl adjacent to an activating group) is 1. The summed E-state index contributed by atoms with van der Waals surface area (Å²) in [6.45, 7) is -0.200. The van der Waals surface area contributed by atoms with E-state index in [-0.39, 0.29) is 17.8 Å². The number of rotatable bonds is 4. The molecule has 0 bridgehead atoms. The fraction of sp³-hybridized carbons (Fsp3) is 0.158. The van der Waals surface area contributed by atoms with Crippen molar-refractivity contribution < 1.29 is 22.8 Å². The van der Waals surface area contributed by atoms with Crippen LogP contribution >= 0.6 is 15.9 Å². The molecule has 3 rings (SSSR count). The molecule has 0 N–H and O–H groups in total. The van der Waals surface area contributed by atoms with Gasteiger partial charge >= 0.3 is 6.18 Å². The molecule has 0 unspecified atom stereocenters. The maximum atomic E-state index is 12.9. The number of aromatic nitrogens is 1. The van der Waals surface area contributed by atoms with Crippen LogP contribution in [0.1, 0.15) is 10.4 Å². The molecule has 0 saturated carbocycles. The number of nitrogens with zero attached hydrogens (tertiary/aromatic N) is 2. The maximum absolute atomic E-state index is 12.9. The van der Waals surface area contributed by atoms with Crippen LogP contribution in [0.3, 0.4) is 0 Å². The highest BCUT2D eigenvalue weighted by Crippen LogP contribution is 2.30. The number of alkyl halides is 3. The number of hydrogen-bond acceptors (Lipinski definition) is 2. The van der Waals surface area contributed by atoms with Crippen molar-refractivity contribution in [2.24, 2.45) is 0 Å². The molecule has 3 aromatic rings. The van der Waals surface area contributed by atoms with E-state index in [0.29, 0.717) is 15.7 Å². The van der Waals surface area contributed by atoms with E-state index in [2.05, 4.69) is 15.9 Å². The molecule has 1 aromatic heterocycles. The summed E-state index contributed by atoms with van der Waals surface area (Å²) in [5, 5.41) is 0.141. The topological polar surface area (TPSA) is 42.3 Å². The minimum Gasteiger partial charge on any atom is -0.337 e. The van der Waals surface area contributed by atoms with E-state index in [1.807, 2.05) is 6.07 Å². The van der Waals surface area contributed by atoms with Gasteiger partial charge in [0.15, 0.2) is 0 Å². The third kappa shape index (κ3) is 3.90. The van der Waals surface area contributed by atoms with Gasteiger partial charge in [-0.3, -0.25) is 9.59 Å². The van der Waals surface area contributed by atoms with Gasteiger partial charge in [0.05, 0.1) is 5.56 Å². The summed E-state index contributed by atoms with van der Waals surface area (Å²) in [5.41, 5.74) is 0.558. The first-order valence-corrected chi connectivity index (χ1v) is 8.69. The Bertz CT molecular complexity index is 1010. The molecule has 0 atom stereocenters. The van der Waals surface area contributed by atoms with E-state index >= 15 is 0 Å². The van der Waals surface area contributed by atoms with Gasteiger partial charge in [0, 0.05) is 34.3 Å². The number of Topliss-reactive ketones (excluding diaryl/α,β-unsaturated/α-hetero) is 1. The van der Waals surface area contributed by atoms with Gasteiger partial charge in [0.2, 0.25) is 5.91 Å². The summed E-state index contributed by atoms with van der Waals surface area (Å²) in [6, 6.07) is 13.5. The molecular weight excluding hydrogens is 425 g/mol. The minimum absolute atomic E-state index is 0.141. The third-order valence-electron chi connectivity index (χ3n) is 4.17. The molecule has 0 saturated heterocycles. The van der Waals surface area contributed by atoms with Crippen LogP contribution in [0.15, 0.2) is 59.2 Å². The zero-order valence-corrected chi connectivity index (χ0v) is 15.7. The van der Waals surface area contributed by atoms with E-state index in [1.54, 1.807) is 43.4 Å². The van der Waals surface area contributed by atoms with Crippen molar-refractivity contribution in [3.05, 3.63) is 64.8 Å². The van der Waals surface area contributed by atoms with Crippen molar-refractivity contribution in [3.63, 3.8) is 0 Å². The summed E-state index contributed by atoms with van der Waals surface area (Å²) in [4.78, 5) is 25.8. The number of para-hydroxylation sites is 1. The van der Waals surface area contributed by atoms with Crippen LogP contribution in [0, 0.1) is 0 Å². The van der Waals surface area contributed by atoms with Crippen molar-refractivity contribution in [1.29, 1.82) is 0 Å². The lowest BCUT2D eigenvalue weighted by molar-refractivity contribution is -0.118. The Kier molecular flexibility index (Phi) is 5.10. The van der Waals surface area contributed by atoms with Crippen LogP contribution in [0.4, 0.5) is 18.9 Å². The van der Waals surface area contributed by atoms with E-state index < -0.39 is 17.5 Å². The highest BCUT2D eigenvalue weighted by atomic mass is 79.9. The number of hydrogen-bond donors (Lipinski definition) is 0. The predicted molar refractivity (Wildman–Crippen MR) is 99.9 cm³/mol. The lowest BCUT2D eigenvalue weighted by Crippen LogP contribution is -2.29. The molecule has 0 spiro atoms. The Labute approximate surface area is 161 Å². The van der Waals surface area contributed by atoms with Gasteiger partial charge in [-0.2, -0.15) is 13.2 Å². The third-order valence-corrected chi connectivity index (χ3v) is 4.66. The second kappa shape index (κ2) is 7.19. The van der Waals surface area contributed by atoms with Gasteiger partial charge in [-0.15, -0.1) is 0 Å². The van der Waals surface area contributed by atoms with Gasteiger partial charge in [-0.1, -0.05) is 34.1 Å². The predicted octanol–water partition coefficient (Wildman–Crippen LogP) is 4.81. The number of fused-ring (bicyclic) bond motifs is 1. The first-order chi connectivity index (χ1) is 12.7. The summed E-state index contributed by atoms with van der Waals surface area (Å²) < 4.78 is 40.7. The molecule has 27 heavy (non-hydrogen) atoms. The Hall–Kier alpha value is -2.61. The monoisotopic (exact) mass is 438 g/mol. The van der Waals surface area contributed by atoms with E-state index in [0.717, 1.165) is 6.20 Å². The van der Waals surface area contributed by atoms with Crippen molar-refractivity contribution in [2.75, 3.05) is 11.9 Å². The summed E-state index contributed by atoms with van der Waals surface area (Å²) in [5.74, 6) is -2.26. The number of anilines is 1. The van der Waals surface area contributed by atoms with Crippen molar-refractivity contribution in [2.45, 2.75) is 12.7 Å². The fourth-order valence-corrected chi connectivity index (χ4v) is 3.14. The zero-order valence-electron chi connectivity index (χ0n) is 14.1. The second-order valence-corrected chi connectivity index (χ2v) is 6.86. The van der Waals surface area contributed by atoms with Gasteiger partial charge in [-0.25, -0.2) is 0 Å². The van der Waals surface area contributed by atoms with E-state index in [9.17, 15) is 22.8 Å². The van der Waals surface area contributed by atoms with Crippen LogP contribution in [-0.4, -0.2) is 29.5 Å². The van der Waals surface area contributed by atoms with Crippen LogP contribution in [0.2, 0.25) is 0 Å². The molecule has 8 heteroatoms. The normalized spacial score (nSPS) is 11.6. The molecule has 2 aromatic carbocycles. The number of amides is 1. The number of benzene rings is 2. The van der Waals surface area contributed by atoms with Crippen molar-refractivity contribution in [1.82, 2.24) is 4.57 Å². The summed E-state index contributed by atoms with van der Waals surface area (Å²) in [6.07, 6.45) is -3.91. The SMILES string of the molecule is CN(C(=O)Cn1cc(C(=O)C(F)(F)F)c2cc(Br)ccc21)c1ccccc1. The molecule has 0 aliphatic rings. The van der Waals surface area contributed by atoms with Crippen LogP contribution in [0.5, 0.6) is 0 Å². The van der Waals surface area contributed by atoms with Crippen molar-refractivity contribution in [3.8, 4) is 0 Å². The first kappa shape index (κ1) is 19.2. The standard InChI is InChI=1S/C19H14BrF3N2O2/c1-24(13-5-3-2-4-6-13)17(26)11-25-10-15(18(27)19(21,22)23)14-9-12(20)7-8-16(14)25/h2-10H,11H2,1H3. The molecule has 0 fully saturated rings. The molecule has 140 valence electrons. The molecule has 0 radical (unpaired) electrons. The maximum Gasteiger partial charge on any atom is 0.454 e.